The first-order chi connectivity index (χ1) is 11.6. The van der Waals surface area contributed by atoms with Gasteiger partial charge in [-0.1, -0.05) is 6.07 Å². The van der Waals surface area contributed by atoms with Crippen LogP contribution in [0.15, 0.2) is 29.1 Å². The number of aryl methyl sites for hydroxylation is 1. The maximum atomic E-state index is 11.8. The van der Waals surface area contributed by atoms with Crippen molar-refractivity contribution in [2.24, 2.45) is 0 Å². The highest BCUT2D eigenvalue weighted by atomic mass is 16.5. The van der Waals surface area contributed by atoms with Crippen LogP contribution in [0.3, 0.4) is 0 Å². The van der Waals surface area contributed by atoms with Gasteiger partial charge in [0.15, 0.2) is 0 Å². The molecule has 3 N–H and O–H groups in total. The standard InChI is InChI=1S/C17H23N5O2/c1-12-4-2-5-16(23)22(12)8-3-7-19-15-10-14(20-17(18)21-15)13-6-9-24-11-13/h2,4-5,10,13H,3,6-9,11H2,1H3,(H3,18,19,20,21). The molecule has 0 bridgehead atoms. The number of anilines is 2. The highest BCUT2D eigenvalue weighted by Gasteiger charge is 2.20. The van der Waals surface area contributed by atoms with Crippen LogP contribution in [-0.4, -0.2) is 34.3 Å². The van der Waals surface area contributed by atoms with Gasteiger partial charge < -0.3 is 20.4 Å². The second kappa shape index (κ2) is 7.44. The summed E-state index contributed by atoms with van der Waals surface area (Å²) in [5.41, 5.74) is 7.74. The summed E-state index contributed by atoms with van der Waals surface area (Å²) in [4.78, 5) is 20.4. The molecule has 0 amide bonds. The highest BCUT2D eigenvalue weighted by molar-refractivity contribution is 5.41. The second-order valence-corrected chi connectivity index (χ2v) is 6.03. The van der Waals surface area contributed by atoms with Gasteiger partial charge in [-0.2, -0.15) is 4.98 Å². The minimum atomic E-state index is 0.0322. The Kier molecular flexibility index (Phi) is 5.10. The third-order valence-electron chi connectivity index (χ3n) is 4.24. The van der Waals surface area contributed by atoms with E-state index < -0.39 is 0 Å². The zero-order valence-electron chi connectivity index (χ0n) is 13.9. The Hall–Kier alpha value is -2.41. The van der Waals surface area contributed by atoms with Gasteiger partial charge in [-0.05, 0) is 25.8 Å². The Morgan fingerprint density at radius 2 is 2.29 bits per heavy atom. The molecule has 24 heavy (non-hydrogen) atoms. The van der Waals surface area contributed by atoms with Gasteiger partial charge in [0.05, 0.1) is 12.3 Å². The fourth-order valence-corrected chi connectivity index (χ4v) is 2.92. The molecular formula is C17H23N5O2. The number of nitrogens with zero attached hydrogens (tertiary/aromatic N) is 3. The van der Waals surface area contributed by atoms with Crippen LogP contribution in [0.5, 0.6) is 0 Å². The van der Waals surface area contributed by atoms with Crippen LogP contribution >= 0.6 is 0 Å². The lowest BCUT2D eigenvalue weighted by Crippen LogP contribution is -2.22. The highest BCUT2D eigenvalue weighted by Crippen LogP contribution is 2.25. The monoisotopic (exact) mass is 329 g/mol. The molecule has 0 aliphatic carbocycles. The number of rotatable bonds is 6. The fourth-order valence-electron chi connectivity index (χ4n) is 2.92. The smallest absolute Gasteiger partial charge is 0.250 e. The van der Waals surface area contributed by atoms with Crippen molar-refractivity contribution < 1.29 is 4.74 Å². The van der Waals surface area contributed by atoms with Crippen LogP contribution in [0.2, 0.25) is 0 Å². The molecule has 3 heterocycles. The minimum absolute atomic E-state index is 0.0322. The first-order valence-electron chi connectivity index (χ1n) is 8.26. The lowest BCUT2D eigenvalue weighted by Gasteiger charge is -2.12. The van der Waals surface area contributed by atoms with Crippen molar-refractivity contribution in [3.05, 3.63) is 46.0 Å². The quantitative estimate of drug-likeness (QED) is 0.781. The largest absolute Gasteiger partial charge is 0.381 e. The van der Waals surface area contributed by atoms with Crippen LogP contribution in [0.1, 0.15) is 30.1 Å². The third-order valence-corrected chi connectivity index (χ3v) is 4.24. The third kappa shape index (κ3) is 3.91. The molecule has 2 aromatic rings. The number of nitrogens with one attached hydrogen (secondary N) is 1. The summed E-state index contributed by atoms with van der Waals surface area (Å²) in [6.45, 7) is 4.77. The number of aromatic nitrogens is 3. The van der Waals surface area contributed by atoms with E-state index in [-0.39, 0.29) is 11.5 Å². The van der Waals surface area contributed by atoms with Crippen LogP contribution in [0, 0.1) is 6.92 Å². The van der Waals surface area contributed by atoms with Gasteiger partial charge in [-0.15, -0.1) is 0 Å². The fraction of sp³-hybridized carbons (Fsp3) is 0.471. The van der Waals surface area contributed by atoms with Crippen molar-refractivity contribution in [1.82, 2.24) is 14.5 Å². The van der Waals surface area contributed by atoms with E-state index >= 15 is 0 Å². The molecule has 0 aromatic carbocycles. The summed E-state index contributed by atoms with van der Waals surface area (Å²) >= 11 is 0. The number of hydrogen-bond acceptors (Lipinski definition) is 6. The van der Waals surface area contributed by atoms with E-state index in [9.17, 15) is 4.79 Å². The first-order valence-corrected chi connectivity index (χ1v) is 8.26. The van der Waals surface area contributed by atoms with E-state index in [1.54, 1.807) is 16.7 Å². The van der Waals surface area contributed by atoms with Gasteiger partial charge in [0.1, 0.15) is 5.82 Å². The number of nitrogen functional groups attached to an aromatic ring is 1. The van der Waals surface area contributed by atoms with Gasteiger partial charge in [0, 0.05) is 43.4 Å². The van der Waals surface area contributed by atoms with Crippen molar-refractivity contribution >= 4 is 11.8 Å². The molecule has 7 nitrogen and oxygen atoms in total. The Morgan fingerprint density at radius 1 is 1.42 bits per heavy atom. The predicted molar refractivity (Wildman–Crippen MR) is 93.2 cm³/mol. The van der Waals surface area contributed by atoms with Crippen LogP contribution in [0.25, 0.3) is 0 Å². The van der Waals surface area contributed by atoms with Gasteiger partial charge in [0.2, 0.25) is 5.95 Å². The first kappa shape index (κ1) is 16.4. The van der Waals surface area contributed by atoms with E-state index in [1.807, 2.05) is 19.1 Å². The van der Waals surface area contributed by atoms with E-state index in [2.05, 4.69) is 15.3 Å². The van der Waals surface area contributed by atoms with Crippen molar-refractivity contribution in [2.75, 3.05) is 30.8 Å². The maximum Gasteiger partial charge on any atom is 0.250 e. The minimum Gasteiger partial charge on any atom is -0.381 e. The molecule has 0 radical (unpaired) electrons. The zero-order valence-corrected chi connectivity index (χ0v) is 13.9. The summed E-state index contributed by atoms with van der Waals surface area (Å²) < 4.78 is 7.18. The van der Waals surface area contributed by atoms with Gasteiger partial charge in [-0.3, -0.25) is 4.79 Å². The lowest BCUT2D eigenvalue weighted by atomic mass is 10.0. The Bertz CT molecular complexity index is 753. The topological polar surface area (TPSA) is 95.1 Å². The summed E-state index contributed by atoms with van der Waals surface area (Å²) in [5.74, 6) is 1.29. The molecular weight excluding hydrogens is 306 g/mol. The van der Waals surface area contributed by atoms with E-state index in [4.69, 9.17) is 10.5 Å². The lowest BCUT2D eigenvalue weighted by molar-refractivity contribution is 0.193. The Balaban J connectivity index is 1.57. The summed E-state index contributed by atoms with van der Waals surface area (Å²) in [6.07, 6.45) is 1.78. The summed E-state index contributed by atoms with van der Waals surface area (Å²) in [6, 6.07) is 7.25. The average Bonchev–Trinajstić information content (AvgIpc) is 3.08. The van der Waals surface area contributed by atoms with Crippen LogP contribution in [-0.2, 0) is 11.3 Å². The number of pyridine rings is 1. The van der Waals surface area contributed by atoms with E-state index in [0.717, 1.165) is 36.7 Å². The van der Waals surface area contributed by atoms with Crippen LogP contribution in [0.4, 0.5) is 11.8 Å². The number of hydrogen-bond donors (Lipinski definition) is 2. The normalized spacial score (nSPS) is 17.1. The predicted octanol–water partition coefficient (Wildman–Crippen LogP) is 1.54. The number of nitrogens with two attached hydrogens (primary N) is 1. The van der Waals surface area contributed by atoms with E-state index in [1.165, 1.54) is 0 Å². The molecule has 1 aliphatic heterocycles. The molecule has 2 aromatic heterocycles. The van der Waals surface area contributed by atoms with Crippen molar-refractivity contribution in [1.29, 1.82) is 0 Å². The molecule has 1 saturated heterocycles. The van der Waals surface area contributed by atoms with E-state index in [0.29, 0.717) is 25.6 Å². The summed E-state index contributed by atoms with van der Waals surface area (Å²) in [7, 11) is 0. The molecule has 0 saturated carbocycles. The average molecular weight is 329 g/mol. The van der Waals surface area contributed by atoms with Gasteiger partial charge in [0.25, 0.3) is 5.56 Å². The SMILES string of the molecule is Cc1cccc(=O)n1CCCNc1cc(C2CCOC2)nc(N)n1. The molecule has 128 valence electrons. The van der Waals surface area contributed by atoms with Gasteiger partial charge in [-0.25, -0.2) is 4.98 Å². The van der Waals surface area contributed by atoms with Gasteiger partial charge >= 0.3 is 0 Å². The Morgan fingerprint density at radius 3 is 3.04 bits per heavy atom. The maximum absolute atomic E-state index is 11.8. The van der Waals surface area contributed by atoms with Crippen molar-refractivity contribution in [3.8, 4) is 0 Å². The number of ether oxygens (including phenoxy) is 1. The molecule has 1 fully saturated rings. The molecule has 1 unspecified atom stereocenters. The molecule has 3 rings (SSSR count). The Labute approximate surface area is 140 Å². The molecule has 7 heteroatoms. The molecule has 1 atom stereocenters. The van der Waals surface area contributed by atoms with Crippen LogP contribution < -0.4 is 16.6 Å². The summed E-state index contributed by atoms with van der Waals surface area (Å²) in [5, 5.41) is 3.27. The molecule has 0 spiro atoms. The van der Waals surface area contributed by atoms with Crippen molar-refractivity contribution in [3.63, 3.8) is 0 Å². The van der Waals surface area contributed by atoms with Crippen molar-refractivity contribution in [2.45, 2.75) is 32.2 Å². The molecule has 1 aliphatic rings. The second-order valence-electron chi connectivity index (χ2n) is 6.03. The zero-order chi connectivity index (χ0) is 16.9.